The molecule has 9 heteroatoms. The van der Waals surface area contributed by atoms with Crippen molar-refractivity contribution < 1.29 is 14.1 Å². The maximum absolute atomic E-state index is 13.9. The molecule has 0 fully saturated rings. The van der Waals surface area contributed by atoms with Crippen LogP contribution < -0.4 is 16.0 Å². The average molecular weight is 386 g/mol. The lowest BCUT2D eigenvalue weighted by atomic mass is 9.94. The Morgan fingerprint density at radius 1 is 1.22 bits per heavy atom. The van der Waals surface area contributed by atoms with Crippen molar-refractivity contribution in [3.8, 4) is 0 Å². The molecular weight excluding hydrogens is 371 g/mol. The van der Waals surface area contributed by atoms with Crippen LogP contribution in [0.25, 0.3) is 0 Å². The molecule has 0 bridgehead atoms. The first-order valence-corrected chi connectivity index (χ1v) is 8.36. The summed E-state index contributed by atoms with van der Waals surface area (Å²) in [4.78, 5) is 23.2. The molecule has 2 aromatic rings. The van der Waals surface area contributed by atoms with E-state index in [1.807, 2.05) is 0 Å². The zero-order valence-electron chi connectivity index (χ0n) is 14.2. The largest absolute Gasteiger partial charge is 0.351 e. The Hall–Kier alpha value is -3.33. The first-order chi connectivity index (χ1) is 12.9. The number of benzene rings is 2. The van der Waals surface area contributed by atoms with E-state index in [1.165, 1.54) is 30.3 Å². The lowest BCUT2D eigenvalue weighted by molar-refractivity contribution is -0.384. The second kappa shape index (κ2) is 7.50. The first-order valence-electron chi connectivity index (χ1n) is 7.95. The monoisotopic (exact) mass is 386 g/mol. The first kappa shape index (κ1) is 18.5. The normalized spacial score (nSPS) is 16.4. The van der Waals surface area contributed by atoms with Gasteiger partial charge in [-0.05, 0) is 49.0 Å². The molecule has 1 amide bonds. The molecule has 0 spiro atoms. The Kier molecular flexibility index (Phi) is 5.13. The second-order valence-corrected chi connectivity index (χ2v) is 6.26. The molecule has 0 aromatic heterocycles. The lowest BCUT2D eigenvalue weighted by Crippen LogP contribution is -2.45. The Bertz CT molecular complexity index is 959. The van der Waals surface area contributed by atoms with Gasteiger partial charge < -0.3 is 16.0 Å². The fourth-order valence-electron chi connectivity index (χ4n) is 2.79. The van der Waals surface area contributed by atoms with E-state index in [1.54, 1.807) is 25.1 Å². The van der Waals surface area contributed by atoms with E-state index in [0.29, 0.717) is 21.9 Å². The minimum atomic E-state index is -0.633. The Balaban J connectivity index is 1.95. The van der Waals surface area contributed by atoms with Crippen molar-refractivity contribution in [1.29, 1.82) is 0 Å². The zero-order chi connectivity index (χ0) is 19.6. The van der Waals surface area contributed by atoms with Gasteiger partial charge in [-0.1, -0.05) is 12.1 Å². The summed E-state index contributed by atoms with van der Waals surface area (Å²) in [6.07, 6.45) is 0. The summed E-state index contributed by atoms with van der Waals surface area (Å²) >= 11 is 5.16. The molecule has 2 aromatic carbocycles. The van der Waals surface area contributed by atoms with Crippen molar-refractivity contribution in [3.63, 3.8) is 0 Å². The van der Waals surface area contributed by atoms with Gasteiger partial charge in [0.15, 0.2) is 5.11 Å². The number of rotatable bonds is 4. The number of non-ortho nitro benzene ring substituents is 1. The van der Waals surface area contributed by atoms with Gasteiger partial charge in [-0.2, -0.15) is 0 Å². The van der Waals surface area contributed by atoms with E-state index in [4.69, 9.17) is 12.2 Å². The number of halogens is 1. The summed E-state index contributed by atoms with van der Waals surface area (Å²) < 4.78 is 13.9. The number of para-hydroxylation sites is 1. The van der Waals surface area contributed by atoms with Crippen LogP contribution in [0.3, 0.4) is 0 Å². The van der Waals surface area contributed by atoms with E-state index in [0.717, 1.165) is 0 Å². The molecule has 3 rings (SSSR count). The van der Waals surface area contributed by atoms with Crippen LogP contribution in [0.4, 0.5) is 15.8 Å². The van der Waals surface area contributed by atoms with Gasteiger partial charge in [0.2, 0.25) is 0 Å². The molecule has 1 heterocycles. The molecule has 0 unspecified atom stereocenters. The Morgan fingerprint density at radius 2 is 1.89 bits per heavy atom. The van der Waals surface area contributed by atoms with Crippen LogP contribution in [0.2, 0.25) is 0 Å². The lowest BCUT2D eigenvalue weighted by Gasteiger charge is -2.30. The number of nitro benzene ring substituents is 1. The van der Waals surface area contributed by atoms with Crippen LogP contribution in [0, 0.1) is 15.9 Å². The highest BCUT2D eigenvalue weighted by molar-refractivity contribution is 7.80. The van der Waals surface area contributed by atoms with Crippen LogP contribution in [-0.2, 0) is 4.79 Å². The molecule has 27 heavy (non-hydrogen) atoms. The van der Waals surface area contributed by atoms with Gasteiger partial charge in [-0.15, -0.1) is 0 Å². The number of amides is 1. The number of anilines is 1. The third-order valence-electron chi connectivity index (χ3n) is 4.07. The number of hydrogen-bond donors (Lipinski definition) is 3. The second-order valence-electron chi connectivity index (χ2n) is 5.85. The van der Waals surface area contributed by atoms with Gasteiger partial charge in [0, 0.05) is 17.8 Å². The highest BCUT2D eigenvalue weighted by atomic mass is 32.1. The highest BCUT2D eigenvalue weighted by Crippen LogP contribution is 2.29. The van der Waals surface area contributed by atoms with Gasteiger partial charge in [-0.3, -0.25) is 14.9 Å². The van der Waals surface area contributed by atoms with E-state index in [2.05, 4.69) is 16.0 Å². The summed E-state index contributed by atoms with van der Waals surface area (Å²) in [7, 11) is 0. The van der Waals surface area contributed by atoms with E-state index in [9.17, 15) is 19.3 Å². The quantitative estimate of drug-likeness (QED) is 0.424. The molecule has 1 aliphatic heterocycles. The average Bonchev–Trinajstić information content (AvgIpc) is 2.63. The molecule has 0 saturated heterocycles. The summed E-state index contributed by atoms with van der Waals surface area (Å²) in [6.45, 7) is 1.68. The molecule has 3 N–H and O–H groups in total. The van der Waals surface area contributed by atoms with Crippen LogP contribution in [-0.4, -0.2) is 15.9 Å². The van der Waals surface area contributed by atoms with Gasteiger partial charge in [0.25, 0.3) is 11.6 Å². The van der Waals surface area contributed by atoms with Gasteiger partial charge in [0.1, 0.15) is 5.82 Å². The number of nitrogens with one attached hydrogen (secondary N) is 3. The van der Waals surface area contributed by atoms with Gasteiger partial charge in [-0.25, -0.2) is 4.39 Å². The van der Waals surface area contributed by atoms with Gasteiger partial charge >= 0.3 is 0 Å². The van der Waals surface area contributed by atoms with E-state index >= 15 is 0 Å². The fourth-order valence-corrected chi connectivity index (χ4v) is 3.06. The van der Waals surface area contributed by atoms with Crippen LogP contribution >= 0.6 is 12.2 Å². The van der Waals surface area contributed by atoms with Crippen molar-refractivity contribution in [2.24, 2.45) is 0 Å². The minimum absolute atomic E-state index is 0.0541. The number of allylic oxidation sites excluding steroid dienone is 1. The fraction of sp³-hybridized carbons (Fsp3) is 0.111. The number of thiocarbonyl (C=S) groups is 1. The minimum Gasteiger partial charge on any atom is -0.351 e. The smallest absolute Gasteiger partial charge is 0.269 e. The third kappa shape index (κ3) is 3.93. The van der Waals surface area contributed by atoms with E-state index in [-0.39, 0.29) is 11.4 Å². The summed E-state index contributed by atoms with van der Waals surface area (Å²) in [5, 5.41) is 19.6. The molecule has 1 atom stereocenters. The number of nitro groups is 1. The maximum atomic E-state index is 13.9. The number of nitrogens with zero attached hydrogens (tertiary/aromatic N) is 1. The molecule has 7 nitrogen and oxygen atoms in total. The summed E-state index contributed by atoms with van der Waals surface area (Å²) in [5.41, 5.74) is 1.42. The SMILES string of the molecule is CC1=C(C(=O)Nc2ccccc2F)[C@H](c2ccc([N+](=O)[O-])cc2)NC(=S)N1. The topological polar surface area (TPSA) is 96.3 Å². The van der Waals surface area contributed by atoms with E-state index < -0.39 is 22.7 Å². The van der Waals surface area contributed by atoms with Gasteiger partial charge in [0.05, 0.1) is 22.2 Å². The van der Waals surface area contributed by atoms with Crippen LogP contribution in [0.1, 0.15) is 18.5 Å². The molecule has 1 aliphatic rings. The number of carbonyl (C=O) groups is 1. The van der Waals surface area contributed by atoms with Crippen molar-refractivity contribution in [2.45, 2.75) is 13.0 Å². The maximum Gasteiger partial charge on any atom is 0.269 e. The number of carbonyl (C=O) groups excluding carboxylic acids is 1. The Labute approximate surface area is 159 Å². The van der Waals surface area contributed by atoms with Crippen molar-refractivity contribution >= 4 is 34.6 Å². The third-order valence-corrected chi connectivity index (χ3v) is 4.29. The standard InChI is InChI=1S/C18H15FN4O3S/c1-10-15(17(24)21-14-5-3-2-4-13(14)19)16(22-18(27)20-10)11-6-8-12(9-7-11)23(25)26/h2-9,16H,1H3,(H,21,24)(H2,20,22,27)/t16-/m0/s1. The molecular formula is C18H15FN4O3S. The van der Waals surface area contributed by atoms with Crippen molar-refractivity contribution in [3.05, 3.63) is 81.3 Å². The molecule has 0 saturated carbocycles. The highest BCUT2D eigenvalue weighted by Gasteiger charge is 2.30. The molecule has 0 radical (unpaired) electrons. The van der Waals surface area contributed by atoms with Crippen molar-refractivity contribution in [2.75, 3.05) is 5.32 Å². The summed E-state index contributed by atoms with van der Waals surface area (Å²) in [5.74, 6) is -1.06. The predicted molar refractivity (Wildman–Crippen MR) is 102 cm³/mol. The summed E-state index contributed by atoms with van der Waals surface area (Å²) in [6, 6.07) is 11.0. The van der Waals surface area contributed by atoms with Crippen LogP contribution in [0.5, 0.6) is 0 Å². The Morgan fingerprint density at radius 3 is 2.52 bits per heavy atom. The van der Waals surface area contributed by atoms with Crippen molar-refractivity contribution in [1.82, 2.24) is 10.6 Å². The molecule has 138 valence electrons. The van der Waals surface area contributed by atoms with Crippen LogP contribution in [0.15, 0.2) is 59.8 Å². The predicted octanol–water partition coefficient (Wildman–Crippen LogP) is 3.17. The number of hydrogen-bond acceptors (Lipinski definition) is 4. The molecule has 0 aliphatic carbocycles. The zero-order valence-corrected chi connectivity index (χ0v) is 15.0.